The minimum absolute atomic E-state index is 0.168. The molecule has 1 N–H and O–H groups in total. The predicted octanol–water partition coefficient (Wildman–Crippen LogP) is 3.43. The van der Waals surface area contributed by atoms with E-state index < -0.39 is 0 Å². The number of anilines is 1. The molecule has 1 aromatic heterocycles. The van der Waals surface area contributed by atoms with Gasteiger partial charge in [-0.3, -0.25) is 4.79 Å². The summed E-state index contributed by atoms with van der Waals surface area (Å²) in [6.45, 7) is 1.34. The smallest absolute Gasteiger partial charge is 0.256 e. The van der Waals surface area contributed by atoms with Crippen molar-refractivity contribution < 1.29 is 14.3 Å². The van der Waals surface area contributed by atoms with E-state index in [0.29, 0.717) is 28.5 Å². The molecule has 1 atom stereocenters. The maximum atomic E-state index is 12.2. The van der Waals surface area contributed by atoms with Crippen LogP contribution in [0.4, 0.5) is 5.00 Å². The second-order valence-electron chi connectivity index (χ2n) is 5.20. The van der Waals surface area contributed by atoms with Crippen LogP contribution in [0.15, 0.2) is 35.7 Å². The third kappa shape index (κ3) is 3.89. The monoisotopic (exact) mass is 328 g/mol. The van der Waals surface area contributed by atoms with E-state index in [1.54, 1.807) is 35.7 Å². The first-order valence-electron chi connectivity index (χ1n) is 7.39. The van der Waals surface area contributed by atoms with Gasteiger partial charge >= 0.3 is 0 Å². The van der Waals surface area contributed by atoms with Crippen LogP contribution in [0.3, 0.4) is 0 Å². The van der Waals surface area contributed by atoms with E-state index in [0.717, 1.165) is 19.4 Å². The molecule has 0 saturated carbocycles. The third-order valence-electron chi connectivity index (χ3n) is 3.59. The van der Waals surface area contributed by atoms with Crippen molar-refractivity contribution in [1.82, 2.24) is 0 Å². The standard InChI is InChI=1S/C17H16N2O3S/c18-10-13-7-9-23-17(13)19-16(20)12-3-5-14(6-4-12)22-11-15-2-1-8-21-15/h3-7,9,15H,1-2,8,11H2,(H,19,20). The molecule has 0 aliphatic carbocycles. The summed E-state index contributed by atoms with van der Waals surface area (Å²) >= 11 is 1.33. The van der Waals surface area contributed by atoms with Crippen LogP contribution < -0.4 is 10.1 Å². The number of hydrogen-bond acceptors (Lipinski definition) is 5. The third-order valence-corrected chi connectivity index (χ3v) is 4.42. The fraction of sp³-hybridized carbons (Fsp3) is 0.294. The van der Waals surface area contributed by atoms with Gasteiger partial charge in [0, 0.05) is 12.2 Å². The number of nitrogens with one attached hydrogen (secondary N) is 1. The van der Waals surface area contributed by atoms with Crippen molar-refractivity contribution in [3.05, 3.63) is 46.8 Å². The Morgan fingerprint density at radius 2 is 2.22 bits per heavy atom. The Bertz CT molecular complexity index is 712. The van der Waals surface area contributed by atoms with Gasteiger partial charge in [-0.15, -0.1) is 11.3 Å². The molecule has 0 spiro atoms. The maximum absolute atomic E-state index is 12.2. The molecule has 1 saturated heterocycles. The van der Waals surface area contributed by atoms with Gasteiger partial charge in [0.25, 0.3) is 5.91 Å². The number of nitrogens with zero attached hydrogens (tertiary/aromatic N) is 1. The summed E-state index contributed by atoms with van der Waals surface area (Å²) in [5.41, 5.74) is 0.992. The summed E-state index contributed by atoms with van der Waals surface area (Å²) in [5, 5.41) is 14.0. The number of ether oxygens (including phenoxy) is 2. The van der Waals surface area contributed by atoms with Crippen LogP contribution in [-0.4, -0.2) is 25.2 Å². The minimum Gasteiger partial charge on any atom is -0.491 e. The normalized spacial score (nSPS) is 16.7. The summed E-state index contributed by atoms with van der Waals surface area (Å²) < 4.78 is 11.2. The molecule has 2 aromatic rings. The second-order valence-corrected chi connectivity index (χ2v) is 6.12. The molecule has 2 heterocycles. The molecule has 23 heavy (non-hydrogen) atoms. The molecule has 5 nitrogen and oxygen atoms in total. The molecule has 118 valence electrons. The first-order valence-corrected chi connectivity index (χ1v) is 8.27. The van der Waals surface area contributed by atoms with Crippen LogP contribution in [-0.2, 0) is 4.74 Å². The highest BCUT2D eigenvalue weighted by Crippen LogP contribution is 2.23. The van der Waals surface area contributed by atoms with Gasteiger partial charge < -0.3 is 14.8 Å². The summed E-state index contributed by atoms with van der Waals surface area (Å²) in [5.74, 6) is 0.473. The lowest BCUT2D eigenvalue weighted by Crippen LogP contribution is -2.16. The van der Waals surface area contributed by atoms with Gasteiger partial charge in [0.1, 0.15) is 23.4 Å². The summed E-state index contributed by atoms with van der Waals surface area (Å²) in [6, 6.07) is 10.7. The number of amides is 1. The number of thiophene rings is 1. The SMILES string of the molecule is N#Cc1ccsc1NC(=O)c1ccc(OCC2CCCO2)cc1. The Morgan fingerprint density at radius 3 is 2.91 bits per heavy atom. The van der Waals surface area contributed by atoms with Crippen LogP contribution in [0.5, 0.6) is 5.75 Å². The van der Waals surface area contributed by atoms with Gasteiger partial charge in [-0.1, -0.05) is 0 Å². The zero-order chi connectivity index (χ0) is 16.1. The van der Waals surface area contributed by atoms with E-state index in [1.165, 1.54) is 11.3 Å². The molecule has 6 heteroatoms. The van der Waals surface area contributed by atoms with Crippen molar-refractivity contribution in [3.63, 3.8) is 0 Å². The Hall–Kier alpha value is -2.36. The molecule has 1 fully saturated rings. The summed E-state index contributed by atoms with van der Waals surface area (Å²) in [6.07, 6.45) is 2.28. The molecule has 0 bridgehead atoms. The van der Waals surface area contributed by atoms with Crippen LogP contribution in [0.1, 0.15) is 28.8 Å². The lowest BCUT2D eigenvalue weighted by Gasteiger charge is -2.11. The van der Waals surface area contributed by atoms with Crippen LogP contribution >= 0.6 is 11.3 Å². The predicted molar refractivity (Wildman–Crippen MR) is 87.9 cm³/mol. The molecule has 1 aliphatic heterocycles. The van der Waals surface area contributed by atoms with Crippen LogP contribution in [0.25, 0.3) is 0 Å². The van der Waals surface area contributed by atoms with Crippen LogP contribution in [0.2, 0.25) is 0 Å². The molecule has 1 unspecified atom stereocenters. The number of hydrogen-bond donors (Lipinski definition) is 1. The largest absolute Gasteiger partial charge is 0.491 e. The first kappa shape index (κ1) is 15.5. The average molecular weight is 328 g/mol. The Kier molecular flexibility index (Phi) is 4.91. The van der Waals surface area contributed by atoms with E-state index in [-0.39, 0.29) is 12.0 Å². The van der Waals surface area contributed by atoms with Gasteiger partial charge in [0.05, 0.1) is 11.7 Å². The van der Waals surface area contributed by atoms with Crippen molar-refractivity contribution in [3.8, 4) is 11.8 Å². The topological polar surface area (TPSA) is 71.4 Å². The van der Waals surface area contributed by atoms with E-state index in [1.807, 2.05) is 6.07 Å². The number of nitriles is 1. The zero-order valence-electron chi connectivity index (χ0n) is 12.5. The fourth-order valence-corrected chi connectivity index (χ4v) is 3.07. The van der Waals surface area contributed by atoms with Crippen LogP contribution in [0, 0.1) is 11.3 Å². The fourth-order valence-electron chi connectivity index (χ4n) is 2.34. The van der Waals surface area contributed by atoms with Gasteiger partial charge in [0.2, 0.25) is 0 Å². The maximum Gasteiger partial charge on any atom is 0.256 e. The van der Waals surface area contributed by atoms with Gasteiger partial charge in [-0.05, 0) is 48.6 Å². The molecule has 1 aliphatic rings. The zero-order valence-corrected chi connectivity index (χ0v) is 13.3. The van der Waals surface area contributed by atoms with E-state index in [4.69, 9.17) is 14.7 Å². The summed E-state index contributed by atoms with van der Waals surface area (Å²) in [7, 11) is 0. The quantitative estimate of drug-likeness (QED) is 0.913. The minimum atomic E-state index is -0.241. The Morgan fingerprint density at radius 1 is 1.39 bits per heavy atom. The van der Waals surface area contributed by atoms with E-state index in [9.17, 15) is 4.79 Å². The average Bonchev–Trinajstić information content (AvgIpc) is 3.24. The highest BCUT2D eigenvalue weighted by Gasteiger charge is 2.16. The number of benzene rings is 1. The molecule has 1 amide bonds. The molecule has 0 radical (unpaired) electrons. The Labute approximate surface area is 138 Å². The van der Waals surface area contributed by atoms with Crippen molar-refractivity contribution in [1.29, 1.82) is 5.26 Å². The van der Waals surface area contributed by atoms with Crippen molar-refractivity contribution in [2.24, 2.45) is 0 Å². The van der Waals surface area contributed by atoms with E-state index in [2.05, 4.69) is 5.32 Å². The van der Waals surface area contributed by atoms with E-state index >= 15 is 0 Å². The molecular formula is C17H16N2O3S. The molecule has 3 rings (SSSR count). The molecule has 1 aromatic carbocycles. The highest BCUT2D eigenvalue weighted by atomic mass is 32.1. The lowest BCUT2D eigenvalue weighted by atomic mass is 10.2. The highest BCUT2D eigenvalue weighted by molar-refractivity contribution is 7.14. The van der Waals surface area contributed by atoms with Gasteiger partial charge in [-0.2, -0.15) is 5.26 Å². The number of rotatable bonds is 5. The summed E-state index contributed by atoms with van der Waals surface area (Å²) in [4.78, 5) is 12.2. The molecular weight excluding hydrogens is 312 g/mol. The van der Waals surface area contributed by atoms with Gasteiger partial charge in [0.15, 0.2) is 0 Å². The lowest BCUT2D eigenvalue weighted by molar-refractivity contribution is 0.0679. The van der Waals surface area contributed by atoms with Crippen molar-refractivity contribution in [2.45, 2.75) is 18.9 Å². The Balaban J connectivity index is 1.58. The first-order chi connectivity index (χ1) is 11.3. The second kappa shape index (κ2) is 7.27. The van der Waals surface area contributed by atoms with Crippen molar-refractivity contribution >= 4 is 22.2 Å². The van der Waals surface area contributed by atoms with Crippen molar-refractivity contribution in [2.75, 3.05) is 18.5 Å². The number of carbonyl (C=O) groups is 1. The van der Waals surface area contributed by atoms with Gasteiger partial charge in [-0.25, -0.2) is 0 Å². The number of carbonyl (C=O) groups excluding carboxylic acids is 1.